The number of carbonyl (C=O) groups excluding carboxylic acids is 1. The minimum Gasteiger partial charge on any atom is -0.349 e. The molecule has 2 aliphatic heterocycles. The molecule has 3 aromatic rings. The maximum Gasteiger partial charge on any atom is 0.256 e. The molecular weight excluding hydrogens is 346 g/mol. The molecule has 0 spiro atoms. The van der Waals surface area contributed by atoms with E-state index in [0.717, 1.165) is 23.4 Å². The number of amides is 1. The Morgan fingerprint density at radius 3 is 2.81 bits per heavy atom. The fourth-order valence-corrected chi connectivity index (χ4v) is 5.19. The predicted octanol–water partition coefficient (Wildman–Crippen LogP) is 2.81. The topological polar surface area (TPSA) is 62.5 Å². The summed E-state index contributed by atoms with van der Waals surface area (Å²) in [5.41, 5.74) is 2.13. The first-order valence-electron chi connectivity index (χ1n) is 9.10. The van der Waals surface area contributed by atoms with Crippen molar-refractivity contribution in [2.45, 2.75) is 43.8 Å². The lowest BCUT2D eigenvalue weighted by molar-refractivity contribution is 0.0884. The van der Waals surface area contributed by atoms with Gasteiger partial charge in [0.05, 0.1) is 16.8 Å². The highest BCUT2D eigenvalue weighted by atomic mass is 32.1. The van der Waals surface area contributed by atoms with Crippen LogP contribution in [-0.2, 0) is 0 Å². The average Bonchev–Trinajstić information content (AvgIpc) is 3.34. The number of thiophene rings is 1. The summed E-state index contributed by atoms with van der Waals surface area (Å²) in [6.07, 6.45) is 7.95. The fourth-order valence-electron chi connectivity index (χ4n) is 4.46. The van der Waals surface area contributed by atoms with Crippen molar-refractivity contribution in [1.29, 1.82) is 0 Å². The van der Waals surface area contributed by atoms with E-state index in [1.807, 2.05) is 17.5 Å². The monoisotopic (exact) mass is 367 g/mol. The number of piperidine rings is 1. The average molecular weight is 367 g/mol. The van der Waals surface area contributed by atoms with Gasteiger partial charge in [-0.2, -0.15) is 5.10 Å². The molecule has 26 heavy (non-hydrogen) atoms. The van der Waals surface area contributed by atoms with Crippen LogP contribution >= 0.6 is 11.3 Å². The van der Waals surface area contributed by atoms with Crippen molar-refractivity contribution in [1.82, 2.24) is 24.8 Å². The van der Waals surface area contributed by atoms with Crippen molar-refractivity contribution >= 4 is 22.9 Å². The van der Waals surface area contributed by atoms with Crippen LogP contribution in [0.25, 0.3) is 16.2 Å². The van der Waals surface area contributed by atoms with E-state index in [9.17, 15) is 4.79 Å². The first-order valence-corrected chi connectivity index (χ1v) is 9.98. The molecule has 2 fully saturated rings. The number of aromatic nitrogens is 3. The Balaban J connectivity index is 1.41. The molecule has 134 valence electrons. The van der Waals surface area contributed by atoms with Gasteiger partial charge in [0.15, 0.2) is 5.65 Å². The van der Waals surface area contributed by atoms with Gasteiger partial charge < -0.3 is 10.2 Å². The molecule has 2 unspecified atom stereocenters. The summed E-state index contributed by atoms with van der Waals surface area (Å²) in [5.74, 6) is -0.0650. The SMILES string of the molecule is CN1C2CCC1CC(NC(=O)c1cnn3c(-c4cccs4)ccnc13)C2. The zero-order valence-electron chi connectivity index (χ0n) is 14.6. The number of nitrogens with zero attached hydrogens (tertiary/aromatic N) is 4. The second kappa shape index (κ2) is 6.17. The Morgan fingerprint density at radius 1 is 1.27 bits per heavy atom. The Labute approximate surface area is 155 Å². The van der Waals surface area contributed by atoms with Crippen LogP contribution in [-0.4, -0.2) is 50.6 Å². The van der Waals surface area contributed by atoms with Crippen LogP contribution < -0.4 is 5.32 Å². The maximum atomic E-state index is 12.9. The molecule has 2 bridgehead atoms. The van der Waals surface area contributed by atoms with Crippen molar-refractivity contribution in [3.8, 4) is 10.6 Å². The molecule has 0 radical (unpaired) electrons. The molecule has 3 aromatic heterocycles. The maximum absolute atomic E-state index is 12.9. The van der Waals surface area contributed by atoms with E-state index < -0.39 is 0 Å². The van der Waals surface area contributed by atoms with E-state index in [2.05, 4.69) is 33.4 Å². The van der Waals surface area contributed by atoms with Crippen LogP contribution in [0.4, 0.5) is 0 Å². The highest BCUT2D eigenvalue weighted by Gasteiger charge is 2.39. The van der Waals surface area contributed by atoms with Crippen LogP contribution in [0, 0.1) is 0 Å². The first kappa shape index (κ1) is 16.0. The molecule has 1 N–H and O–H groups in total. The summed E-state index contributed by atoms with van der Waals surface area (Å²) < 4.78 is 1.76. The lowest BCUT2D eigenvalue weighted by Gasteiger charge is -2.36. The molecule has 7 heteroatoms. The second-order valence-electron chi connectivity index (χ2n) is 7.29. The van der Waals surface area contributed by atoms with E-state index in [-0.39, 0.29) is 11.9 Å². The predicted molar refractivity (Wildman–Crippen MR) is 101 cm³/mol. The molecule has 5 heterocycles. The van der Waals surface area contributed by atoms with Crippen LogP contribution in [0.5, 0.6) is 0 Å². The molecule has 2 saturated heterocycles. The molecule has 0 saturated carbocycles. The fraction of sp³-hybridized carbons (Fsp3) is 0.421. The van der Waals surface area contributed by atoms with Gasteiger partial charge in [0.25, 0.3) is 5.91 Å². The lowest BCUT2D eigenvalue weighted by Crippen LogP contribution is -2.48. The summed E-state index contributed by atoms with van der Waals surface area (Å²) in [6, 6.07) is 7.44. The number of fused-ring (bicyclic) bond motifs is 3. The number of hydrogen-bond donors (Lipinski definition) is 1. The van der Waals surface area contributed by atoms with Gasteiger partial charge >= 0.3 is 0 Å². The van der Waals surface area contributed by atoms with Crippen molar-refractivity contribution in [3.05, 3.63) is 41.5 Å². The Morgan fingerprint density at radius 2 is 2.08 bits per heavy atom. The van der Waals surface area contributed by atoms with Gasteiger partial charge in [-0.25, -0.2) is 9.50 Å². The Hall–Kier alpha value is -2.25. The molecule has 0 aromatic carbocycles. The third kappa shape index (κ3) is 2.54. The van der Waals surface area contributed by atoms with Gasteiger partial charge in [0, 0.05) is 24.3 Å². The van der Waals surface area contributed by atoms with Crippen molar-refractivity contribution < 1.29 is 4.79 Å². The van der Waals surface area contributed by atoms with Gasteiger partial charge in [0.1, 0.15) is 5.56 Å². The van der Waals surface area contributed by atoms with E-state index >= 15 is 0 Å². The summed E-state index contributed by atoms with van der Waals surface area (Å²) in [4.78, 5) is 20.9. The van der Waals surface area contributed by atoms with Gasteiger partial charge in [0.2, 0.25) is 0 Å². The van der Waals surface area contributed by atoms with Gasteiger partial charge in [-0.1, -0.05) is 6.07 Å². The minimum absolute atomic E-state index is 0.0650. The number of carbonyl (C=O) groups is 1. The minimum atomic E-state index is -0.0650. The largest absolute Gasteiger partial charge is 0.349 e. The van der Waals surface area contributed by atoms with Crippen LogP contribution in [0.1, 0.15) is 36.0 Å². The van der Waals surface area contributed by atoms with Crippen LogP contribution in [0.3, 0.4) is 0 Å². The van der Waals surface area contributed by atoms with Crippen LogP contribution in [0.15, 0.2) is 36.0 Å². The summed E-state index contributed by atoms with van der Waals surface area (Å²) >= 11 is 1.65. The van der Waals surface area contributed by atoms with Gasteiger partial charge in [-0.3, -0.25) is 4.79 Å². The normalized spacial score (nSPS) is 25.7. The third-order valence-corrected chi connectivity index (χ3v) is 6.75. The number of hydrogen-bond acceptors (Lipinski definition) is 5. The zero-order chi connectivity index (χ0) is 17.7. The molecule has 6 nitrogen and oxygen atoms in total. The smallest absolute Gasteiger partial charge is 0.256 e. The second-order valence-corrected chi connectivity index (χ2v) is 8.24. The summed E-state index contributed by atoms with van der Waals surface area (Å²) in [5, 5.41) is 9.70. The first-order chi connectivity index (χ1) is 12.7. The molecule has 1 amide bonds. The van der Waals surface area contributed by atoms with E-state index in [4.69, 9.17) is 0 Å². The lowest BCUT2D eigenvalue weighted by atomic mass is 9.98. The Kier molecular flexibility index (Phi) is 3.79. The highest BCUT2D eigenvalue weighted by Crippen LogP contribution is 2.34. The van der Waals surface area contributed by atoms with Crippen molar-refractivity contribution in [3.63, 3.8) is 0 Å². The third-order valence-electron chi connectivity index (χ3n) is 5.85. The van der Waals surface area contributed by atoms with Crippen LogP contribution in [0.2, 0.25) is 0 Å². The van der Waals surface area contributed by atoms with E-state index in [1.54, 1.807) is 28.2 Å². The van der Waals surface area contributed by atoms with E-state index in [0.29, 0.717) is 23.3 Å². The number of rotatable bonds is 3. The standard InChI is InChI=1S/C19H21N5OS/c1-23-13-4-5-14(23)10-12(9-13)22-19(25)15-11-21-24-16(6-7-20-18(15)24)17-3-2-8-26-17/h2-3,6-8,11-14H,4-5,9-10H2,1H3,(H,22,25). The van der Waals surface area contributed by atoms with Gasteiger partial charge in [-0.05, 0) is 50.2 Å². The molecule has 5 rings (SSSR count). The number of nitrogens with one attached hydrogen (secondary N) is 1. The molecular formula is C19H21N5OS. The summed E-state index contributed by atoms with van der Waals surface area (Å²) in [7, 11) is 2.21. The molecule has 2 aliphatic rings. The highest BCUT2D eigenvalue weighted by molar-refractivity contribution is 7.13. The van der Waals surface area contributed by atoms with Gasteiger partial charge in [-0.15, -0.1) is 11.3 Å². The van der Waals surface area contributed by atoms with Crippen molar-refractivity contribution in [2.24, 2.45) is 0 Å². The molecule has 0 aliphatic carbocycles. The summed E-state index contributed by atoms with van der Waals surface area (Å²) in [6.45, 7) is 0. The Bertz CT molecular complexity index is 936. The van der Waals surface area contributed by atoms with Crippen molar-refractivity contribution in [2.75, 3.05) is 7.05 Å². The zero-order valence-corrected chi connectivity index (χ0v) is 15.4. The molecule has 2 atom stereocenters. The van der Waals surface area contributed by atoms with E-state index in [1.165, 1.54) is 12.8 Å². The quantitative estimate of drug-likeness (QED) is 0.773.